The fourth-order valence-corrected chi connectivity index (χ4v) is 3.85. The first-order chi connectivity index (χ1) is 11.3. The fourth-order valence-electron chi connectivity index (χ4n) is 3.85. The minimum atomic E-state index is -0.0456. The Morgan fingerprint density at radius 2 is 1.74 bits per heavy atom. The zero-order valence-corrected chi connectivity index (χ0v) is 13.4. The van der Waals surface area contributed by atoms with E-state index in [0.29, 0.717) is 6.04 Å². The SMILES string of the molecule is O=C(N1CCC(N2CCCCC2)CC1)n1nnc2ccccc21. The molecule has 122 valence electrons. The monoisotopic (exact) mass is 313 g/mol. The van der Waals surface area contributed by atoms with E-state index < -0.39 is 0 Å². The van der Waals surface area contributed by atoms with Gasteiger partial charge < -0.3 is 9.80 Å². The van der Waals surface area contributed by atoms with Gasteiger partial charge in [0.2, 0.25) is 0 Å². The molecular weight excluding hydrogens is 290 g/mol. The van der Waals surface area contributed by atoms with Gasteiger partial charge in [0.1, 0.15) is 5.52 Å². The third kappa shape index (κ3) is 2.83. The van der Waals surface area contributed by atoms with Gasteiger partial charge in [-0.05, 0) is 50.9 Å². The van der Waals surface area contributed by atoms with Crippen LogP contribution in [-0.4, -0.2) is 63.0 Å². The molecule has 2 aromatic rings. The third-order valence-electron chi connectivity index (χ3n) is 5.18. The number of rotatable bonds is 1. The maximum atomic E-state index is 12.7. The highest BCUT2D eigenvalue weighted by Crippen LogP contribution is 2.21. The summed E-state index contributed by atoms with van der Waals surface area (Å²) in [6, 6.07) is 8.21. The molecule has 6 nitrogen and oxygen atoms in total. The first-order valence-electron chi connectivity index (χ1n) is 8.67. The molecule has 1 aromatic carbocycles. The van der Waals surface area contributed by atoms with Crippen molar-refractivity contribution < 1.29 is 4.79 Å². The molecule has 3 heterocycles. The summed E-state index contributed by atoms with van der Waals surface area (Å²) in [6.07, 6.45) is 6.15. The number of carbonyl (C=O) groups excluding carboxylic acids is 1. The van der Waals surface area contributed by atoms with Crippen LogP contribution in [0.1, 0.15) is 32.1 Å². The zero-order valence-electron chi connectivity index (χ0n) is 13.4. The summed E-state index contributed by atoms with van der Waals surface area (Å²) in [4.78, 5) is 17.3. The zero-order chi connectivity index (χ0) is 15.6. The number of likely N-dealkylation sites (tertiary alicyclic amines) is 2. The van der Waals surface area contributed by atoms with Crippen molar-refractivity contribution in [1.82, 2.24) is 24.8 Å². The maximum absolute atomic E-state index is 12.7. The minimum Gasteiger partial charge on any atom is -0.323 e. The summed E-state index contributed by atoms with van der Waals surface area (Å²) in [5.74, 6) is 0. The standard InChI is InChI=1S/C17H23N5O/c23-17(22-16-7-3-2-6-15(16)18-19-22)21-12-8-14(9-13-21)20-10-4-1-5-11-20/h2-3,6-7,14H,1,4-5,8-13H2. The van der Waals surface area contributed by atoms with E-state index in [1.165, 1.54) is 37.0 Å². The summed E-state index contributed by atoms with van der Waals surface area (Å²) in [6.45, 7) is 4.08. The van der Waals surface area contributed by atoms with Crippen LogP contribution in [0.2, 0.25) is 0 Å². The van der Waals surface area contributed by atoms with E-state index >= 15 is 0 Å². The van der Waals surface area contributed by atoms with Gasteiger partial charge in [0.25, 0.3) is 0 Å². The number of amides is 1. The molecule has 2 fully saturated rings. The number of fused-ring (bicyclic) bond motifs is 1. The van der Waals surface area contributed by atoms with Crippen molar-refractivity contribution in [2.75, 3.05) is 26.2 Å². The van der Waals surface area contributed by atoms with Crippen LogP contribution in [0.25, 0.3) is 11.0 Å². The third-order valence-corrected chi connectivity index (χ3v) is 5.18. The van der Waals surface area contributed by atoms with E-state index in [4.69, 9.17) is 0 Å². The van der Waals surface area contributed by atoms with Gasteiger partial charge in [0.15, 0.2) is 0 Å². The lowest BCUT2D eigenvalue weighted by atomic mass is 10.0. The van der Waals surface area contributed by atoms with E-state index in [2.05, 4.69) is 15.2 Å². The molecule has 23 heavy (non-hydrogen) atoms. The van der Waals surface area contributed by atoms with Crippen molar-refractivity contribution in [2.45, 2.75) is 38.1 Å². The number of benzene rings is 1. The number of hydrogen-bond acceptors (Lipinski definition) is 4. The van der Waals surface area contributed by atoms with Gasteiger partial charge in [-0.25, -0.2) is 4.79 Å². The van der Waals surface area contributed by atoms with Gasteiger partial charge in [0.05, 0.1) is 5.52 Å². The predicted octanol–water partition coefficient (Wildman–Crippen LogP) is 2.35. The second kappa shape index (κ2) is 6.28. The first kappa shape index (κ1) is 14.6. The van der Waals surface area contributed by atoms with Crippen LogP contribution >= 0.6 is 0 Å². The van der Waals surface area contributed by atoms with Crippen LogP contribution < -0.4 is 0 Å². The van der Waals surface area contributed by atoms with E-state index in [0.717, 1.165) is 37.0 Å². The molecule has 0 aliphatic carbocycles. The topological polar surface area (TPSA) is 54.3 Å². The van der Waals surface area contributed by atoms with Crippen molar-refractivity contribution in [3.63, 3.8) is 0 Å². The van der Waals surface area contributed by atoms with Crippen molar-refractivity contribution in [2.24, 2.45) is 0 Å². The Kier molecular flexibility index (Phi) is 3.99. The summed E-state index contributed by atoms with van der Waals surface area (Å²) >= 11 is 0. The van der Waals surface area contributed by atoms with Crippen LogP contribution in [0, 0.1) is 0 Å². The molecule has 2 aliphatic rings. The van der Waals surface area contributed by atoms with E-state index in [1.54, 1.807) is 0 Å². The molecule has 0 atom stereocenters. The minimum absolute atomic E-state index is 0.0456. The number of para-hydroxylation sites is 1. The Balaban J connectivity index is 1.42. The normalized spacial score (nSPS) is 21.0. The Bertz CT molecular complexity index is 683. The van der Waals surface area contributed by atoms with Crippen LogP contribution in [0.5, 0.6) is 0 Å². The Labute approximate surface area is 136 Å². The average Bonchev–Trinajstić information content (AvgIpc) is 3.06. The number of hydrogen-bond donors (Lipinski definition) is 0. The smallest absolute Gasteiger partial charge is 0.323 e. The van der Waals surface area contributed by atoms with Crippen molar-refractivity contribution in [1.29, 1.82) is 0 Å². The van der Waals surface area contributed by atoms with Gasteiger partial charge in [0, 0.05) is 19.1 Å². The predicted molar refractivity (Wildman–Crippen MR) is 88.3 cm³/mol. The molecule has 0 unspecified atom stereocenters. The summed E-state index contributed by atoms with van der Waals surface area (Å²) in [7, 11) is 0. The largest absolute Gasteiger partial charge is 0.346 e. The average molecular weight is 313 g/mol. The number of nitrogens with zero attached hydrogens (tertiary/aromatic N) is 5. The second-order valence-corrected chi connectivity index (χ2v) is 6.59. The van der Waals surface area contributed by atoms with Crippen LogP contribution in [-0.2, 0) is 0 Å². The Morgan fingerprint density at radius 1 is 1.00 bits per heavy atom. The molecule has 2 saturated heterocycles. The van der Waals surface area contributed by atoms with E-state index in [-0.39, 0.29) is 6.03 Å². The molecule has 0 bridgehead atoms. The first-order valence-corrected chi connectivity index (χ1v) is 8.67. The quantitative estimate of drug-likeness (QED) is 0.811. The lowest BCUT2D eigenvalue weighted by Crippen LogP contribution is -2.49. The van der Waals surface area contributed by atoms with Crippen LogP contribution in [0.3, 0.4) is 0 Å². The Hall–Kier alpha value is -1.95. The molecule has 0 spiro atoms. The highest BCUT2D eigenvalue weighted by molar-refractivity contribution is 5.87. The van der Waals surface area contributed by atoms with Gasteiger partial charge in [-0.15, -0.1) is 5.10 Å². The van der Waals surface area contributed by atoms with Crippen molar-refractivity contribution >= 4 is 17.1 Å². The van der Waals surface area contributed by atoms with Crippen LogP contribution in [0.4, 0.5) is 4.79 Å². The molecule has 4 rings (SSSR count). The lowest BCUT2D eigenvalue weighted by Gasteiger charge is -2.40. The Morgan fingerprint density at radius 3 is 2.52 bits per heavy atom. The van der Waals surface area contributed by atoms with Crippen LogP contribution in [0.15, 0.2) is 24.3 Å². The highest BCUT2D eigenvalue weighted by atomic mass is 16.2. The second-order valence-electron chi connectivity index (χ2n) is 6.59. The van der Waals surface area contributed by atoms with E-state index in [1.807, 2.05) is 29.2 Å². The molecule has 0 radical (unpaired) electrons. The number of aromatic nitrogens is 3. The molecule has 1 amide bonds. The molecule has 2 aliphatic heterocycles. The highest BCUT2D eigenvalue weighted by Gasteiger charge is 2.29. The fraction of sp³-hybridized carbons (Fsp3) is 0.588. The van der Waals surface area contributed by atoms with Gasteiger partial charge in [-0.1, -0.05) is 23.8 Å². The summed E-state index contributed by atoms with van der Waals surface area (Å²) < 4.78 is 1.44. The molecule has 6 heteroatoms. The molecule has 0 N–H and O–H groups in total. The lowest BCUT2D eigenvalue weighted by molar-refractivity contribution is 0.101. The van der Waals surface area contributed by atoms with Crippen molar-refractivity contribution in [3.05, 3.63) is 24.3 Å². The van der Waals surface area contributed by atoms with Crippen molar-refractivity contribution in [3.8, 4) is 0 Å². The molecular formula is C17H23N5O. The maximum Gasteiger partial charge on any atom is 0.346 e. The summed E-state index contributed by atoms with van der Waals surface area (Å²) in [5.41, 5.74) is 1.56. The van der Waals surface area contributed by atoms with Gasteiger partial charge in [-0.3, -0.25) is 0 Å². The molecule has 0 saturated carbocycles. The number of piperidine rings is 2. The van der Waals surface area contributed by atoms with Gasteiger partial charge >= 0.3 is 6.03 Å². The molecule has 1 aromatic heterocycles. The van der Waals surface area contributed by atoms with Gasteiger partial charge in [-0.2, -0.15) is 4.68 Å². The number of carbonyl (C=O) groups is 1. The van der Waals surface area contributed by atoms with E-state index in [9.17, 15) is 4.79 Å². The summed E-state index contributed by atoms with van der Waals surface area (Å²) in [5, 5.41) is 8.12.